The van der Waals surface area contributed by atoms with E-state index in [0.717, 1.165) is 18.4 Å². The van der Waals surface area contributed by atoms with Crippen LogP contribution in [0.2, 0.25) is 0 Å². The van der Waals surface area contributed by atoms with E-state index in [0.29, 0.717) is 17.7 Å². The average molecular weight is 289 g/mol. The summed E-state index contributed by atoms with van der Waals surface area (Å²) in [5, 5.41) is 7.35. The van der Waals surface area contributed by atoms with Crippen molar-refractivity contribution in [3.63, 3.8) is 0 Å². The van der Waals surface area contributed by atoms with E-state index < -0.39 is 17.6 Å². The minimum Gasteiger partial charge on any atom is -0.427 e. The Kier molecular flexibility index (Phi) is 3.04. The molecule has 1 spiro atoms. The molecule has 1 atom stereocenters. The van der Waals surface area contributed by atoms with E-state index in [2.05, 4.69) is 16.0 Å². The topological polar surface area (TPSA) is 96.5 Å². The van der Waals surface area contributed by atoms with Gasteiger partial charge in [0.15, 0.2) is 0 Å². The SMILES string of the molecule is CNC(=O)Nc1ccc2c(c1)CCCC21OC(=O)NC1=O. The van der Waals surface area contributed by atoms with Crippen LogP contribution < -0.4 is 16.0 Å². The van der Waals surface area contributed by atoms with Crippen LogP contribution in [0.15, 0.2) is 18.2 Å². The summed E-state index contributed by atoms with van der Waals surface area (Å²) in [6.07, 6.45) is 1.27. The lowest BCUT2D eigenvalue weighted by Crippen LogP contribution is -2.39. The van der Waals surface area contributed by atoms with Gasteiger partial charge in [0.1, 0.15) is 0 Å². The minimum atomic E-state index is -1.21. The highest BCUT2D eigenvalue weighted by Gasteiger charge is 2.52. The van der Waals surface area contributed by atoms with E-state index in [1.54, 1.807) is 12.1 Å². The smallest absolute Gasteiger partial charge is 0.415 e. The number of carbonyl (C=O) groups is 3. The predicted molar refractivity (Wildman–Crippen MR) is 73.8 cm³/mol. The number of alkyl carbamates (subject to hydrolysis) is 1. The number of hydrogen-bond donors (Lipinski definition) is 3. The van der Waals surface area contributed by atoms with E-state index in [9.17, 15) is 14.4 Å². The summed E-state index contributed by atoms with van der Waals surface area (Å²) in [7, 11) is 1.53. The quantitative estimate of drug-likeness (QED) is 0.724. The molecule has 3 rings (SSSR count). The Balaban J connectivity index is 1.98. The summed E-state index contributed by atoms with van der Waals surface area (Å²) < 4.78 is 5.27. The minimum absolute atomic E-state index is 0.314. The van der Waals surface area contributed by atoms with Crippen LogP contribution >= 0.6 is 0 Å². The van der Waals surface area contributed by atoms with E-state index in [4.69, 9.17) is 4.74 Å². The predicted octanol–water partition coefficient (Wildman–Crippen LogP) is 1.24. The van der Waals surface area contributed by atoms with Gasteiger partial charge in [0.2, 0.25) is 5.60 Å². The summed E-state index contributed by atoms with van der Waals surface area (Å²) in [6.45, 7) is 0. The summed E-state index contributed by atoms with van der Waals surface area (Å²) in [5.41, 5.74) is 1.02. The standard InChI is InChI=1S/C14H15N3O4/c1-15-12(19)16-9-4-5-10-8(7-9)3-2-6-14(10)11(18)17-13(20)21-14/h4-5,7H,2-3,6H2,1H3,(H2,15,16,19)(H,17,18,20). The van der Waals surface area contributed by atoms with E-state index in [1.807, 2.05) is 6.07 Å². The van der Waals surface area contributed by atoms with Crippen molar-refractivity contribution in [2.24, 2.45) is 0 Å². The molecule has 1 aliphatic carbocycles. The number of aryl methyl sites for hydroxylation is 1. The molecule has 3 N–H and O–H groups in total. The van der Waals surface area contributed by atoms with Crippen molar-refractivity contribution >= 4 is 23.7 Å². The second-order valence-corrected chi connectivity index (χ2v) is 5.10. The zero-order valence-electron chi connectivity index (χ0n) is 11.5. The number of nitrogens with one attached hydrogen (secondary N) is 3. The lowest BCUT2D eigenvalue weighted by atomic mass is 9.78. The number of hydrogen-bond acceptors (Lipinski definition) is 4. The Morgan fingerprint density at radius 3 is 2.86 bits per heavy atom. The van der Waals surface area contributed by atoms with Gasteiger partial charge in [-0.05, 0) is 30.5 Å². The van der Waals surface area contributed by atoms with Crippen molar-refractivity contribution in [1.82, 2.24) is 10.6 Å². The molecule has 2 aliphatic rings. The largest absolute Gasteiger partial charge is 0.427 e. The third-order valence-corrected chi connectivity index (χ3v) is 3.85. The normalized spacial score (nSPS) is 23.3. The fourth-order valence-electron chi connectivity index (χ4n) is 2.89. The van der Waals surface area contributed by atoms with Gasteiger partial charge in [0.25, 0.3) is 5.91 Å². The Hall–Kier alpha value is -2.57. The van der Waals surface area contributed by atoms with Crippen LogP contribution in [0.1, 0.15) is 24.0 Å². The van der Waals surface area contributed by atoms with Gasteiger partial charge in [-0.3, -0.25) is 10.1 Å². The first-order chi connectivity index (χ1) is 10.0. The number of imide groups is 1. The summed E-state index contributed by atoms with van der Waals surface area (Å²) in [5.74, 6) is -0.416. The zero-order valence-corrected chi connectivity index (χ0v) is 11.5. The monoisotopic (exact) mass is 289 g/mol. The molecule has 0 radical (unpaired) electrons. The zero-order chi connectivity index (χ0) is 15.0. The molecule has 0 bridgehead atoms. The van der Waals surface area contributed by atoms with Crippen LogP contribution in [0, 0.1) is 0 Å². The molecule has 4 amide bonds. The van der Waals surface area contributed by atoms with Crippen LogP contribution in [-0.4, -0.2) is 25.1 Å². The molecule has 1 unspecified atom stereocenters. The molecule has 1 heterocycles. The second kappa shape index (κ2) is 4.76. The highest BCUT2D eigenvalue weighted by atomic mass is 16.6. The van der Waals surface area contributed by atoms with E-state index in [1.165, 1.54) is 7.05 Å². The Bertz CT molecular complexity index is 643. The van der Waals surface area contributed by atoms with Gasteiger partial charge in [-0.1, -0.05) is 6.07 Å². The van der Waals surface area contributed by atoms with Crippen molar-refractivity contribution in [2.75, 3.05) is 12.4 Å². The summed E-state index contributed by atoms with van der Waals surface area (Å²) >= 11 is 0. The Morgan fingerprint density at radius 2 is 2.19 bits per heavy atom. The first-order valence-electron chi connectivity index (χ1n) is 6.72. The Morgan fingerprint density at radius 1 is 1.38 bits per heavy atom. The fraction of sp³-hybridized carbons (Fsp3) is 0.357. The van der Waals surface area contributed by atoms with Gasteiger partial charge in [0.05, 0.1) is 0 Å². The fourth-order valence-corrected chi connectivity index (χ4v) is 2.89. The van der Waals surface area contributed by atoms with Gasteiger partial charge in [0, 0.05) is 24.7 Å². The van der Waals surface area contributed by atoms with Gasteiger partial charge in [-0.15, -0.1) is 0 Å². The van der Waals surface area contributed by atoms with Crippen LogP contribution in [-0.2, 0) is 21.6 Å². The average Bonchev–Trinajstić information content (AvgIpc) is 2.73. The highest BCUT2D eigenvalue weighted by molar-refractivity contribution is 6.03. The first-order valence-corrected chi connectivity index (χ1v) is 6.72. The van der Waals surface area contributed by atoms with Crippen molar-refractivity contribution in [1.29, 1.82) is 0 Å². The number of rotatable bonds is 1. The third kappa shape index (κ3) is 2.10. The molecule has 110 valence electrons. The summed E-state index contributed by atoms with van der Waals surface area (Å²) in [6, 6.07) is 4.93. The molecule has 0 aromatic heterocycles. The van der Waals surface area contributed by atoms with Crippen LogP contribution in [0.4, 0.5) is 15.3 Å². The van der Waals surface area contributed by atoms with Gasteiger partial charge in [-0.25, -0.2) is 9.59 Å². The molecule has 1 aromatic rings. The molecule has 0 saturated carbocycles. The number of amides is 4. The lowest BCUT2D eigenvalue weighted by molar-refractivity contribution is -0.133. The van der Waals surface area contributed by atoms with E-state index >= 15 is 0 Å². The van der Waals surface area contributed by atoms with Crippen LogP contribution in [0.3, 0.4) is 0 Å². The van der Waals surface area contributed by atoms with Gasteiger partial charge < -0.3 is 15.4 Å². The van der Waals surface area contributed by atoms with E-state index in [-0.39, 0.29) is 6.03 Å². The Labute approximate surface area is 121 Å². The number of anilines is 1. The maximum atomic E-state index is 12.1. The maximum Gasteiger partial charge on any atom is 0.415 e. The number of ether oxygens (including phenoxy) is 1. The highest BCUT2D eigenvalue weighted by Crippen LogP contribution is 2.41. The van der Waals surface area contributed by atoms with Crippen LogP contribution in [0.25, 0.3) is 0 Å². The molecule has 1 aromatic carbocycles. The third-order valence-electron chi connectivity index (χ3n) is 3.85. The molecular weight excluding hydrogens is 274 g/mol. The van der Waals surface area contributed by atoms with Gasteiger partial charge >= 0.3 is 12.1 Å². The molecular formula is C14H15N3O4. The molecule has 7 heteroatoms. The van der Waals surface area contributed by atoms with Crippen molar-refractivity contribution in [3.05, 3.63) is 29.3 Å². The summed E-state index contributed by atoms with van der Waals surface area (Å²) in [4.78, 5) is 34.8. The molecule has 1 aliphatic heterocycles. The second-order valence-electron chi connectivity index (χ2n) is 5.10. The lowest BCUT2D eigenvalue weighted by Gasteiger charge is -2.31. The van der Waals surface area contributed by atoms with Crippen LogP contribution in [0.5, 0.6) is 0 Å². The van der Waals surface area contributed by atoms with Crippen molar-refractivity contribution < 1.29 is 19.1 Å². The first kappa shape index (κ1) is 13.4. The van der Waals surface area contributed by atoms with Crippen molar-refractivity contribution in [2.45, 2.75) is 24.9 Å². The van der Waals surface area contributed by atoms with Crippen molar-refractivity contribution in [3.8, 4) is 0 Å². The maximum absolute atomic E-state index is 12.1. The number of benzene rings is 1. The molecule has 1 fully saturated rings. The number of fused-ring (bicyclic) bond motifs is 2. The molecule has 1 saturated heterocycles. The number of urea groups is 1. The van der Waals surface area contributed by atoms with Gasteiger partial charge in [-0.2, -0.15) is 0 Å². The molecule has 21 heavy (non-hydrogen) atoms. The number of carbonyl (C=O) groups excluding carboxylic acids is 3. The molecule has 7 nitrogen and oxygen atoms in total.